The summed E-state index contributed by atoms with van der Waals surface area (Å²) >= 11 is 0. The van der Waals surface area contributed by atoms with E-state index < -0.39 is 0 Å². The summed E-state index contributed by atoms with van der Waals surface area (Å²) in [4.78, 5) is 4.62. The fraction of sp³-hybridized carbons (Fsp3) is 0.283. The Morgan fingerprint density at radius 2 is 1.48 bits per heavy atom. The molecule has 2 nitrogen and oxygen atoms in total. The zero-order chi connectivity index (χ0) is 35.1. The van der Waals surface area contributed by atoms with Gasteiger partial charge in [-0.1, -0.05) is 139 Å². The van der Waals surface area contributed by atoms with Crippen LogP contribution in [0.2, 0.25) is 0 Å². The van der Waals surface area contributed by atoms with Crippen LogP contribution in [0, 0.1) is 0 Å². The number of hydrogen-bond acceptors (Lipinski definition) is 2. The van der Waals surface area contributed by atoms with Gasteiger partial charge in [-0.3, -0.25) is 0 Å². The van der Waals surface area contributed by atoms with E-state index in [0.29, 0.717) is 0 Å². The van der Waals surface area contributed by atoms with Gasteiger partial charge in [0, 0.05) is 46.0 Å². The molecular weight excluding hydrogens is 581 g/mol. The number of benzene rings is 2. The van der Waals surface area contributed by atoms with Crippen molar-refractivity contribution in [3.8, 4) is 0 Å². The molecule has 2 aromatic carbocycles. The number of anilines is 2. The SMILES string of the molecule is C=C(/C=C\C(=C/C)C/C=C\C(=C)N1CC/C=C\C=C(/CC)c2ccccc21)N1CC(=C=C/C=C\CC)c2ccccc21.C=CCC.CC. The van der Waals surface area contributed by atoms with Crippen LogP contribution in [0.3, 0.4) is 0 Å². The molecule has 0 unspecified atom stereocenters. The lowest BCUT2D eigenvalue weighted by Crippen LogP contribution is -2.23. The van der Waals surface area contributed by atoms with Crippen LogP contribution in [0.1, 0.15) is 84.8 Å². The lowest BCUT2D eigenvalue weighted by Gasteiger charge is -2.27. The molecule has 0 spiro atoms. The highest BCUT2D eigenvalue weighted by atomic mass is 15.2. The molecule has 0 saturated heterocycles. The zero-order valence-electron chi connectivity index (χ0n) is 30.5. The van der Waals surface area contributed by atoms with E-state index >= 15 is 0 Å². The van der Waals surface area contributed by atoms with Crippen LogP contribution >= 0.6 is 0 Å². The maximum atomic E-state index is 4.46. The molecule has 0 aromatic heterocycles. The standard InChI is InChI=1S/C40H44N2.C4H8.C2H6/c1-6-9-10-12-23-36-31-42(40-27-17-15-25-38(36)40)33(5)28-29-34(7-2)21-19-20-32(4)41-30-18-11-13-22-35(8-3)37-24-14-16-26-39(37)41;1-3-4-2;1-2/h7,9-17,19-20,22,24-29H,4-6,8,18,21,30-31H2,1-3H3;3H,1,4H2,2H3;1-2H3/b10-9-,13-11-,20-19-,29-28-,34-7-,35-22+;;. The number of nitrogens with zero attached hydrogens (tertiary/aromatic N) is 2. The zero-order valence-corrected chi connectivity index (χ0v) is 30.5. The third kappa shape index (κ3) is 11.8. The summed E-state index contributed by atoms with van der Waals surface area (Å²) < 4.78 is 0. The van der Waals surface area contributed by atoms with E-state index in [9.17, 15) is 0 Å². The van der Waals surface area contributed by atoms with Crippen molar-refractivity contribution in [3.63, 3.8) is 0 Å². The number of para-hydroxylation sites is 2. The second-order valence-corrected chi connectivity index (χ2v) is 11.1. The van der Waals surface area contributed by atoms with E-state index in [4.69, 9.17) is 0 Å². The Labute approximate surface area is 293 Å². The van der Waals surface area contributed by atoms with Crippen molar-refractivity contribution in [1.29, 1.82) is 0 Å². The minimum Gasteiger partial charge on any atom is -0.341 e. The summed E-state index contributed by atoms with van der Waals surface area (Å²) in [6.45, 7) is 26.5. The van der Waals surface area contributed by atoms with Crippen LogP contribution in [0.4, 0.5) is 11.4 Å². The first-order chi connectivity index (χ1) is 23.5. The molecule has 0 radical (unpaired) electrons. The van der Waals surface area contributed by atoms with Gasteiger partial charge in [0.1, 0.15) is 0 Å². The van der Waals surface area contributed by atoms with Crippen molar-refractivity contribution in [2.45, 2.75) is 73.6 Å². The van der Waals surface area contributed by atoms with Gasteiger partial charge >= 0.3 is 0 Å². The Kier molecular flexibility index (Phi) is 18.6. The Morgan fingerprint density at radius 3 is 2.12 bits per heavy atom. The van der Waals surface area contributed by atoms with Gasteiger partial charge in [0.2, 0.25) is 0 Å². The van der Waals surface area contributed by atoms with Gasteiger partial charge in [0.05, 0.1) is 6.54 Å². The van der Waals surface area contributed by atoms with Crippen LogP contribution in [0.25, 0.3) is 11.1 Å². The van der Waals surface area contributed by atoms with E-state index in [1.807, 2.05) is 26.0 Å². The van der Waals surface area contributed by atoms with Gasteiger partial charge in [-0.15, -0.1) is 12.3 Å². The lowest BCUT2D eigenvalue weighted by atomic mass is 10.00. The van der Waals surface area contributed by atoms with E-state index in [2.05, 4.69) is 172 Å². The molecule has 2 aromatic rings. The molecule has 2 aliphatic heterocycles. The summed E-state index contributed by atoms with van der Waals surface area (Å²) in [6.07, 6.45) is 30.5. The third-order valence-corrected chi connectivity index (χ3v) is 7.94. The topological polar surface area (TPSA) is 6.48 Å². The monoisotopic (exact) mass is 638 g/mol. The largest absolute Gasteiger partial charge is 0.341 e. The van der Waals surface area contributed by atoms with Gasteiger partial charge in [-0.05, 0) is 80.5 Å². The van der Waals surface area contributed by atoms with Crippen molar-refractivity contribution in [1.82, 2.24) is 0 Å². The Balaban J connectivity index is 0.00000124. The van der Waals surface area contributed by atoms with Crippen molar-refractivity contribution >= 4 is 22.5 Å². The first-order valence-corrected chi connectivity index (χ1v) is 17.7. The average molecular weight is 639 g/mol. The van der Waals surface area contributed by atoms with Gasteiger partial charge in [0.15, 0.2) is 0 Å². The van der Waals surface area contributed by atoms with E-state index in [0.717, 1.165) is 56.6 Å². The molecule has 0 fully saturated rings. The summed E-state index contributed by atoms with van der Waals surface area (Å²) in [6, 6.07) is 17.2. The fourth-order valence-electron chi connectivity index (χ4n) is 5.30. The molecule has 0 N–H and O–H groups in total. The molecular formula is C46H58N2. The molecule has 252 valence electrons. The van der Waals surface area contributed by atoms with E-state index in [1.165, 1.54) is 39.2 Å². The van der Waals surface area contributed by atoms with Crippen LogP contribution in [0.5, 0.6) is 0 Å². The molecule has 0 amide bonds. The molecule has 2 heterocycles. The molecule has 48 heavy (non-hydrogen) atoms. The first kappa shape index (κ1) is 39.4. The van der Waals surface area contributed by atoms with Crippen molar-refractivity contribution in [2.24, 2.45) is 0 Å². The van der Waals surface area contributed by atoms with Crippen LogP contribution in [-0.2, 0) is 0 Å². The third-order valence-electron chi connectivity index (χ3n) is 7.94. The van der Waals surface area contributed by atoms with E-state index in [-0.39, 0.29) is 0 Å². The summed E-state index contributed by atoms with van der Waals surface area (Å²) in [5, 5.41) is 0. The van der Waals surface area contributed by atoms with Crippen molar-refractivity contribution in [2.75, 3.05) is 22.9 Å². The van der Waals surface area contributed by atoms with E-state index in [1.54, 1.807) is 0 Å². The number of allylic oxidation sites excluding steroid dienone is 12. The maximum Gasteiger partial charge on any atom is 0.0561 e. The second kappa shape index (κ2) is 22.7. The van der Waals surface area contributed by atoms with Gasteiger partial charge in [-0.2, -0.15) is 0 Å². The highest BCUT2D eigenvalue weighted by Crippen LogP contribution is 2.37. The Bertz CT molecular complexity index is 1590. The van der Waals surface area contributed by atoms with Crippen molar-refractivity contribution < 1.29 is 0 Å². The van der Waals surface area contributed by atoms with Gasteiger partial charge < -0.3 is 9.80 Å². The molecule has 0 aliphatic carbocycles. The molecule has 0 bridgehead atoms. The molecule has 2 heteroatoms. The van der Waals surface area contributed by atoms with Crippen LogP contribution in [-0.4, -0.2) is 13.1 Å². The van der Waals surface area contributed by atoms with Gasteiger partial charge in [0.25, 0.3) is 0 Å². The highest BCUT2D eigenvalue weighted by Gasteiger charge is 2.23. The predicted octanol–water partition coefficient (Wildman–Crippen LogP) is 13.4. The molecule has 0 saturated carbocycles. The Hall–Kier alpha value is -4.78. The maximum absolute atomic E-state index is 4.46. The minimum atomic E-state index is 0.769. The molecule has 4 rings (SSSR count). The molecule has 0 atom stereocenters. The summed E-state index contributed by atoms with van der Waals surface area (Å²) in [5.74, 6) is 0. The quantitative estimate of drug-likeness (QED) is 0.137. The summed E-state index contributed by atoms with van der Waals surface area (Å²) in [5.41, 5.74) is 14.1. The highest BCUT2D eigenvalue weighted by molar-refractivity contribution is 5.87. The lowest BCUT2D eigenvalue weighted by molar-refractivity contribution is 0.909. The minimum absolute atomic E-state index is 0.769. The average Bonchev–Trinajstić information content (AvgIpc) is 3.54. The van der Waals surface area contributed by atoms with Crippen molar-refractivity contribution in [3.05, 3.63) is 175 Å². The smallest absolute Gasteiger partial charge is 0.0561 e. The number of rotatable bonds is 11. The number of fused-ring (bicyclic) bond motifs is 2. The molecule has 2 aliphatic rings. The number of hydrogen-bond donors (Lipinski definition) is 0. The van der Waals surface area contributed by atoms with Gasteiger partial charge in [-0.25, -0.2) is 0 Å². The first-order valence-electron chi connectivity index (χ1n) is 17.7. The van der Waals surface area contributed by atoms with Crippen LogP contribution < -0.4 is 9.80 Å². The predicted molar refractivity (Wildman–Crippen MR) is 217 cm³/mol. The second-order valence-electron chi connectivity index (χ2n) is 11.1. The fourth-order valence-corrected chi connectivity index (χ4v) is 5.30. The van der Waals surface area contributed by atoms with Crippen LogP contribution in [0.15, 0.2) is 164 Å². The normalized spacial score (nSPS) is 15.8. The Morgan fingerprint density at radius 1 is 0.833 bits per heavy atom. The summed E-state index contributed by atoms with van der Waals surface area (Å²) in [7, 11) is 0.